The van der Waals surface area contributed by atoms with Crippen LogP contribution in [0.25, 0.3) is 0 Å². The maximum Gasteiger partial charge on any atom is 0.177 e. The second-order valence-electron chi connectivity index (χ2n) is 6.62. The fraction of sp³-hybridized carbons (Fsp3) is 0.350. The van der Waals surface area contributed by atoms with Crippen molar-refractivity contribution in [3.05, 3.63) is 60.4 Å². The molecule has 0 saturated carbocycles. The Labute approximate surface area is 158 Å². The van der Waals surface area contributed by atoms with Gasteiger partial charge in [0.15, 0.2) is 5.82 Å². The van der Waals surface area contributed by atoms with E-state index in [-0.39, 0.29) is 0 Å². The summed E-state index contributed by atoms with van der Waals surface area (Å²) in [6.07, 6.45) is 2.12. The van der Waals surface area contributed by atoms with Crippen LogP contribution in [0, 0.1) is 0 Å². The molecule has 0 spiro atoms. The lowest BCUT2D eigenvalue weighted by molar-refractivity contribution is 0.171. The minimum Gasteiger partial charge on any atom is -0.492 e. The molecule has 0 aliphatic carbocycles. The van der Waals surface area contributed by atoms with E-state index >= 15 is 0 Å². The van der Waals surface area contributed by atoms with Crippen molar-refractivity contribution in [1.82, 2.24) is 25.5 Å². The van der Waals surface area contributed by atoms with E-state index in [0.29, 0.717) is 12.5 Å². The van der Waals surface area contributed by atoms with Gasteiger partial charge in [-0.15, -0.1) is 10.2 Å². The number of hydrogen-bond acceptors (Lipinski definition) is 6. The molecule has 1 aromatic heterocycles. The molecule has 0 unspecified atom stereocenters. The number of para-hydroxylation sites is 1. The van der Waals surface area contributed by atoms with E-state index in [9.17, 15) is 0 Å². The third-order valence-corrected chi connectivity index (χ3v) is 4.79. The number of nitrogens with one attached hydrogen (secondary N) is 1. The van der Waals surface area contributed by atoms with Crippen LogP contribution in [0.2, 0.25) is 0 Å². The van der Waals surface area contributed by atoms with Crippen LogP contribution in [0.15, 0.2) is 54.6 Å². The third kappa shape index (κ3) is 4.83. The summed E-state index contributed by atoms with van der Waals surface area (Å²) in [5, 5.41) is 14.4. The van der Waals surface area contributed by atoms with Gasteiger partial charge < -0.3 is 9.47 Å². The molecule has 2 heterocycles. The number of aromatic amines is 1. The van der Waals surface area contributed by atoms with Crippen LogP contribution >= 0.6 is 0 Å². The lowest BCUT2D eigenvalue weighted by Gasteiger charge is -2.30. The smallest absolute Gasteiger partial charge is 0.177 e. The fourth-order valence-corrected chi connectivity index (χ4v) is 3.28. The van der Waals surface area contributed by atoms with Crippen molar-refractivity contribution in [2.24, 2.45) is 0 Å². The second-order valence-corrected chi connectivity index (χ2v) is 6.62. The van der Waals surface area contributed by atoms with Gasteiger partial charge in [0.25, 0.3) is 0 Å². The summed E-state index contributed by atoms with van der Waals surface area (Å²) in [6, 6.07) is 17.5. The molecule has 0 atom stereocenters. The van der Waals surface area contributed by atoms with Crippen LogP contribution in [0.4, 0.5) is 0 Å². The number of benzene rings is 2. The molecule has 3 aromatic rings. The Morgan fingerprint density at radius 3 is 2.33 bits per heavy atom. The lowest BCUT2D eigenvalue weighted by atomic mass is 9.96. The molecule has 0 radical (unpaired) electrons. The SMILES string of the molecule is c1ccc(Oc2ccc(OCCN3CCC(c4nn[nH]n4)CC3)cc2)cc1. The van der Waals surface area contributed by atoms with Crippen LogP contribution in [0.3, 0.4) is 0 Å². The number of H-pyrrole nitrogens is 1. The molecule has 140 valence electrons. The zero-order chi connectivity index (χ0) is 18.3. The normalized spacial score (nSPS) is 15.6. The molecule has 7 nitrogen and oxygen atoms in total. The van der Waals surface area contributed by atoms with Crippen molar-refractivity contribution >= 4 is 0 Å². The van der Waals surface area contributed by atoms with Gasteiger partial charge >= 0.3 is 0 Å². The van der Waals surface area contributed by atoms with Gasteiger partial charge in [-0.25, -0.2) is 0 Å². The molecule has 2 aromatic carbocycles. The van der Waals surface area contributed by atoms with E-state index in [1.165, 1.54) is 0 Å². The Hall–Kier alpha value is -2.93. The second kappa shape index (κ2) is 8.64. The topological polar surface area (TPSA) is 76.2 Å². The number of tetrazole rings is 1. The summed E-state index contributed by atoms with van der Waals surface area (Å²) in [4.78, 5) is 2.42. The van der Waals surface area contributed by atoms with Gasteiger partial charge in [0.2, 0.25) is 0 Å². The standard InChI is InChI=1S/C20H23N5O2/c1-2-4-18(5-3-1)27-19-8-6-17(7-9-19)26-15-14-25-12-10-16(11-13-25)20-21-23-24-22-20/h1-9,16H,10-15H2,(H,21,22,23,24). The predicted octanol–water partition coefficient (Wildman–Crippen LogP) is 3.25. The third-order valence-electron chi connectivity index (χ3n) is 4.79. The first-order valence-electron chi connectivity index (χ1n) is 9.28. The molecule has 7 heteroatoms. The quantitative estimate of drug-likeness (QED) is 0.693. The summed E-state index contributed by atoms with van der Waals surface area (Å²) in [6.45, 7) is 3.66. The van der Waals surface area contributed by atoms with E-state index < -0.39 is 0 Å². The Morgan fingerprint density at radius 2 is 1.63 bits per heavy atom. The first kappa shape index (κ1) is 17.5. The van der Waals surface area contributed by atoms with Gasteiger partial charge in [0, 0.05) is 12.5 Å². The van der Waals surface area contributed by atoms with Gasteiger partial charge in [0.1, 0.15) is 23.9 Å². The summed E-state index contributed by atoms with van der Waals surface area (Å²) in [5.41, 5.74) is 0. The van der Waals surface area contributed by atoms with E-state index in [1.54, 1.807) is 0 Å². The lowest BCUT2D eigenvalue weighted by Crippen LogP contribution is -2.36. The Kier molecular flexibility index (Phi) is 5.59. The maximum absolute atomic E-state index is 5.88. The van der Waals surface area contributed by atoms with Crippen LogP contribution in [-0.2, 0) is 0 Å². The van der Waals surface area contributed by atoms with Crippen molar-refractivity contribution < 1.29 is 9.47 Å². The summed E-state index contributed by atoms with van der Waals surface area (Å²) >= 11 is 0. The van der Waals surface area contributed by atoms with Gasteiger partial charge in [-0.1, -0.05) is 23.4 Å². The first-order valence-corrected chi connectivity index (χ1v) is 9.28. The Balaban J connectivity index is 1.18. The summed E-state index contributed by atoms with van der Waals surface area (Å²) in [5.74, 6) is 3.74. The van der Waals surface area contributed by atoms with E-state index in [2.05, 4.69) is 25.5 Å². The summed E-state index contributed by atoms with van der Waals surface area (Å²) in [7, 11) is 0. The van der Waals surface area contributed by atoms with Crippen LogP contribution < -0.4 is 9.47 Å². The minimum atomic E-state index is 0.415. The molecule has 1 aliphatic heterocycles. The molecule has 1 fully saturated rings. The van der Waals surface area contributed by atoms with E-state index in [0.717, 1.165) is 55.5 Å². The van der Waals surface area contributed by atoms with E-state index in [1.807, 2.05) is 54.6 Å². The average molecular weight is 365 g/mol. The highest BCUT2D eigenvalue weighted by Gasteiger charge is 2.23. The van der Waals surface area contributed by atoms with E-state index in [4.69, 9.17) is 9.47 Å². The minimum absolute atomic E-state index is 0.415. The zero-order valence-electron chi connectivity index (χ0n) is 15.1. The molecule has 1 N–H and O–H groups in total. The van der Waals surface area contributed by atoms with Crippen molar-refractivity contribution in [1.29, 1.82) is 0 Å². The molecule has 27 heavy (non-hydrogen) atoms. The highest BCUT2D eigenvalue weighted by atomic mass is 16.5. The molecular formula is C20H23N5O2. The highest BCUT2D eigenvalue weighted by molar-refractivity contribution is 5.35. The van der Waals surface area contributed by atoms with Gasteiger partial charge in [-0.2, -0.15) is 5.21 Å². The predicted molar refractivity (Wildman–Crippen MR) is 101 cm³/mol. The number of nitrogens with zero attached hydrogens (tertiary/aromatic N) is 4. The van der Waals surface area contributed by atoms with Crippen molar-refractivity contribution in [3.63, 3.8) is 0 Å². The maximum atomic E-state index is 5.88. The molecular weight excluding hydrogens is 342 g/mol. The molecule has 0 amide bonds. The van der Waals surface area contributed by atoms with Gasteiger partial charge in [0.05, 0.1) is 0 Å². The number of likely N-dealkylation sites (tertiary alicyclic amines) is 1. The largest absolute Gasteiger partial charge is 0.492 e. The fourth-order valence-electron chi connectivity index (χ4n) is 3.28. The molecule has 4 rings (SSSR count). The van der Waals surface area contributed by atoms with Gasteiger partial charge in [-0.3, -0.25) is 4.90 Å². The Morgan fingerprint density at radius 1 is 0.926 bits per heavy atom. The number of aromatic nitrogens is 4. The van der Waals surface area contributed by atoms with Gasteiger partial charge in [-0.05, 0) is 62.3 Å². The first-order chi connectivity index (χ1) is 13.4. The van der Waals surface area contributed by atoms with Crippen LogP contribution in [0.1, 0.15) is 24.6 Å². The van der Waals surface area contributed by atoms with Crippen molar-refractivity contribution in [3.8, 4) is 17.2 Å². The number of ether oxygens (including phenoxy) is 2. The zero-order valence-corrected chi connectivity index (χ0v) is 15.1. The molecule has 1 aliphatic rings. The number of hydrogen-bond donors (Lipinski definition) is 1. The highest BCUT2D eigenvalue weighted by Crippen LogP contribution is 2.25. The average Bonchev–Trinajstić information content (AvgIpc) is 3.26. The Bertz CT molecular complexity index is 800. The number of piperidine rings is 1. The molecule has 1 saturated heterocycles. The van der Waals surface area contributed by atoms with Crippen LogP contribution in [0.5, 0.6) is 17.2 Å². The monoisotopic (exact) mass is 365 g/mol. The van der Waals surface area contributed by atoms with Crippen LogP contribution in [-0.4, -0.2) is 51.8 Å². The van der Waals surface area contributed by atoms with Crippen molar-refractivity contribution in [2.45, 2.75) is 18.8 Å². The molecule has 0 bridgehead atoms. The number of rotatable bonds is 7. The summed E-state index contributed by atoms with van der Waals surface area (Å²) < 4.78 is 11.7. The van der Waals surface area contributed by atoms with Crippen molar-refractivity contribution in [2.75, 3.05) is 26.2 Å².